The lowest BCUT2D eigenvalue weighted by Gasteiger charge is -2.32. The van der Waals surface area contributed by atoms with Crippen LogP contribution in [0.4, 0.5) is 5.95 Å². The summed E-state index contributed by atoms with van der Waals surface area (Å²) in [5.74, 6) is 1.30. The van der Waals surface area contributed by atoms with Crippen molar-refractivity contribution in [1.29, 1.82) is 0 Å². The maximum absolute atomic E-state index is 9.33. The van der Waals surface area contributed by atoms with E-state index in [1.54, 1.807) is 0 Å². The van der Waals surface area contributed by atoms with E-state index in [4.69, 9.17) is 4.98 Å². The summed E-state index contributed by atoms with van der Waals surface area (Å²) in [6.45, 7) is 3.02. The van der Waals surface area contributed by atoms with Gasteiger partial charge in [0.2, 0.25) is 5.95 Å². The van der Waals surface area contributed by atoms with Crippen molar-refractivity contribution >= 4 is 12.0 Å². The van der Waals surface area contributed by atoms with Gasteiger partial charge < -0.3 is 15.3 Å². The first-order valence-corrected chi connectivity index (χ1v) is 10.5. The molecule has 0 spiro atoms. The number of benzene rings is 1. The summed E-state index contributed by atoms with van der Waals surface area (Å²) in [5.41, 5.74) is 3.68. The van der Waals surface area contributed by atoms with Crippen LogP contribution in [0, 0.1) is 5.92 Å². The molecule has 2 aromatic rings. The van der Waals surface area contributed by atoms with Gasteiger partial charge >= 0.3 is 0 Å². The van der Waals surface area contributed by atoms with Crippen molar-refractivity contribution in [2.45, 2.75) is 38.1 Å². The highest BCUT2D eigenvalue weighted by Gasteiger charge is 2.24. The zero-order valence-electron chi connectivity index (χ0n) is 16.4. The first kappa shape index (κ1) is 19.1. The van der Waals surface area contributed by atoms with E-state index in [1.165, 1.54) is 16.8 Å². The Morgan fingerprint density at radius 2 is 1.96 bits per heavy atom. The molecule has 1 atom stereocenters. The van der Waals surface area contributed by atoms with Crippen LogP contribution in [-0.2, 0) is 6.42 Å². The van der Waals surface area contributed by atoms with Crippen LogP contribution in [0.25, 0.3) is 6.08 Å². The minimum atomic E-state index is 0.297. The number of nitrogens with one attached hydrogen (secondary N) is 1. The number of fused-ring (bicyclic) bond motifs is 1. The zero-order valence-corrected chi connectivity index (χ0v) is 16.4. The standard InChI is InChI=1S/C23H30N4O/c28-17-19-11-14-27(15-12-19)23-25-16-20-21(9-4-10-22(20)26-23)24-13-5-8-18-6-2-1-3-7-18/h1-3,5-8,16,19,21,24,28H,4,9-15,17H2. The third kappa shape index (κ3) is 4.59. The van der Waals surface area contributed by atoms with E-state index in [1.807, 2.05) is 12.3 Å². The Morgan fingerprint density at radius 1 is 1.14 bits per heavy atom. The smallest absolute Gasteiger partial charge is 0.225 e. The van der Waals surface area contributed by atoms with Gasteiger partial charge in [-0.15, -0.1) is 0 Å². The zero-order chi connectivity index (χ0) is 19.2. The van der Waals surface area contributed by atoms with Crippen molar-refractivity contribution in [1.82, 2.24) is 15.3 Å². The summed E-state index contributed by atoms with van der Waals surface area (Å²) in [6, 6.07) is 10.7. The number of anilines is 1. The van der Waals surface area contributed by atoms with Gasteiger partial charge in [-0.05, 0) is 43.6 Å². The monoisotopic (exact) mass is 378 g/mol. The van der Waals surface area contributed by atoms with Crippen molar-refractivity contribution in [3.8, 4) is 0 Å². The van der Waals surface area contributed by atoms with Crippen LogP contribution >= 0.6 is 0 Å². The number of nitrogens with zero attached hydrogens (tertiary/aromatic N) is 3. The summed E-state index contributed by atoms with van der Waals surface area (Å²) < 4.78 is 0. The number of aliphatic hydroxyl groups is 1. The van der Waals surface area contributed by atoms with Crippen molar-refractivity contribution < 1.29 is 5.11 Å². The van der Waals surface area contributed by atoms with E-state index < -0.39 is 0 Å². The quantitative estimate of drug-likeness (QED) is 0.807. The number of hydrogen-bond acceptors (Lipinski definition) is 5. The molecule has 0 saturated carbocycles. The van der Waals surface area contributed by atoms with E-state index in [0.717, 1.165) is 57.7 Å². The van der Waals surface area contributed by atoms with E-state index in [2.05, 4.69) is 51.6 Å². The first-order valence-electron chi connectivity index (χ1n) is 10.5. The molecule has 1 aromatic carbocycles. The molecule has 28 heavy (non-hydrogen) atoms. The molecule has 1 aliphatic carbocycles. The predicted octanol–water partition coefficient (Wildman–Crippen LogP) is 3.37. The highest BCUT2D eigenvalue weighted by atomic mass is 16.3. The van der Waals surface area contributed by atoms with Gasteiger partial charge in [-0.25, -0.2) is 9.97 Å². The molecule has 0 radical (unpaired) electrons. The molecule has 5 heteroatoms. The van der Waals surface area contributed by atoms with Gasteiger partial charge in [0.15, 0.2) is 0 Å². The van der Waals surface area contributed by atoms with Crippen molar-refractivity contribution in [2.75, 3.05) is 31.1 Å². The van der Waals surface area contributed by atoms with Gasteiger partial charge in [0.25, 0.3) is 0 Å². The van der Waals surface area contributed by atoms with Crippen molar-refractivity contribution in [2.24, 2.45) is 5.92 Å². The maximum atomic E-state index is 9.33. The number of rotatable bonds is 6. The first-order chi connectivity index (χ1) is 13.8. The van der Waals surface area contributed by atoms with Gasteiger partial charge in [0.05, 0.1) is 5.69 Å². The Bertz CT molecular complexity index is 784. The lowest BCUT2D eigenvalue weighted by molar-refractivity contribution is 0.202. The fourth-order valence-electron chi connectivity index (χ4n) is 4.19. The van der Waals surface area contributed by atoms with Crippen LogP contribution in [0.2, 0.25) is 0 Å². The summed E-state index contributed by atoms with van der Waals surface area (Å²) in [7, 11) is 0. The van der Waals surface area contributed by atoms with Gasteiger partial charge in [-0.2, -0.15) is 0 Å². The van der Waals surface area contributed by atoms with Crippen LogP contribution in [0.15, 0.2) is 42.6 Å². The molecule has 2 heterocycles. The fraction of sp³-hybridized carbons (Fsp3) is 0.478. The third-order valence-corrected chi connectivity index (χ3v) is 5.92. The highest BCUT2D eigenvalue weighted by molar-refractivity contribution is 5.48. The van der Waals surface area contributed by atoms with E-state index in [-0.39, 0.29) is 0 Å². The molecule has 1 aromatic heterocycles. The molecule has 1 saturated heterocycles. The molecule has 1 unspecified atom stereocenters. The van der Waals surface area contributed by atoms with E-state index in [9.17, 15) is 5.11 Å². The molecule has 0 amide bonds. The molecule has 4 rings (SSSR count). The van der Waals surface area contributed by atoms with Gasteiger partial charge in [-0.1, -0.05) is 42.5 Å². The molecule has 2 aliphatic rings. The molecule has 1 fully saturated rings. The molecule has 5 nitrogen and oxygen atoms in total. The number of piperidine rings is 1. The van der Waals surface area contributed by atoms with Gasteiger partial charge in [0, 0.05) is 44.0 Å². The summed E-state index contributed by atoms with van der Waals surface area (Å²) >= 11 is 0. The minimum absolute atomic E-state index is 0.297. The van der Waals surface area contributed by atoms with Gasteiger partial charge in [-0.3, -0.25) is 0 Å². The Morgan fingerprint density at radius 3 is 2.75 bits per heavy atom. The molecule has 148 valence electrons. The molecule has 1 aliphatic heterocycles. The number of aromatic nitrogens is 2. The molecule has 2 N–H and O–H groups in total. The average Bonchev–Trinajstić information content (AvgIpc) is 2.77. The lowest BCUT2D eigenvalue weighted by Crippen LogP contribution is -2.36. The Hall–Kier alpha value is -2.24. The number of aryl methyl sites for hydroxylation is 1. The maximum Gasteiger partial charge on any atom is 0.225 e. The van der Waals surface area contributed by atoms with Crippen LogP contribution in [-0.4, -0.2) is 41.3 Å². The second kappa shape index (κ2) is 9.30. The van der Waals surface area contributed by atoms with Crippen LogP contribution in [0.5, 0.6) is 0 Å². The molecule has 0 bridgehead atoms. The van der Waals surface area contributed by atoms with E-state index in [0.29, 0.717) is 18.6 Å². The largest absolute Gasteiger partial charge is 0.396 e. The van der Waals surface area contributed by atoms with Crippen LogP contribution < -0.4 is 10.2 Å². The normalized spacial score (nSPS) is 20.5. The summed E-state index contributed by atoms with van der Waals surface area (Å²) in [4.78, 5) is 11.9. The summed E-state index contributed by atoms with van der Waals surface area (Å²) in [5, 5.41) is 13.0. The summed E-state index contributed by atoms with van der Waals surface area (Å²) in [6.07, 6.45) is 11.8. The Balaban J connectivity index is 1.37. The van der Waals surface area contributed by atoms with Gasteiger partial charge in [0.1, 0.15) is 0 Å². The van der Waals surface area contributed by atoms with Crippen molar-refractivity contribution in [3.05, 3.63) is 59.4 Å². The third-order valence-electron chi connectivity index (χ3n) is 5.92. The van der Waals surface area contributed by atoms with Crippen LogP contribution in [0.1, 0.15) is 48.5 Å². The fourth-order valence-corrected chi connectivity index (χ4v) is 4.19. The van der Waals surface area contributed by atoms with Crippen LogP contribution in [0.3, 0.4) is 0 Å². The second-order valence-electron chi connectivity index (χ2n) is 7.85. The van der Waals surface area contributed by atoms with Crippen molar-refractivity contribution in [3.63, 3.8) is 0 Å². The molecular formula is C23H30N4O. The van der Waals surface area contributed by atoms with E-state index >= 15 is 0 Å². The molecular weight excluding hydrogens is 348 g/mol. The SMILES string of the molecule is OCC1CCN(c2ncc3c(n2)CCCC3NCC=Cc2ccccc2)CC1. The number of hydrogen-bond donors (Lipinski definition) is 2. The topological polar surface area (TPSA) is 61.3 Å². The highest BCUT2D eigenvalue weighted by Crippen LogP contribution is 2.30. The average molecular weight is 379 g/mol. The Labute approximate surface area is 167 Å². The predicted molar refractivity (Wildman–Crippen MR) is 113 cm³/mol. The number of aliphatic hydroxyl groups excluding tert-OH is 1. The second-order valence-corrected chi connectivity index (χ2v) is 7.85. The Kier molecular flexibility index (Phi) is 6.34. The minimum Gasteiger partial charge on any atom is -0.396 e. The lowest BCUT2D eigenvalue weighted by atomic mass is 9.92.